The van der Waals surface area contributed by atoms with Gasteiger partial charge in [0, 0.05) is 12.6 Å². The van der Waals surface area contributed by atoms with E-state index in [2.05, 4.69) is 22.3 Å². The van der Waals surface area contributed by atoms with Crippen LogP contribution in [-0.4, -0.2) is 29.5 Å². The second-order valence-corrected chi connectivity index (χ2v) is 7.32. The van der Waals surface area contributed by atoms with Crippen LogP contribution in [0.15, 0.2) is 72.0 Å². The molecule has 3 aromatic rings. The first kappa shape index (κ1) is 20.4. The number of primary amides is 1. The van der Waals surface area contributed by atoms with Crippen molar-refractivity contribution in [3.63, 3.8) is 0 Å². The van der Waals surface area contributed by atoms with E-state index in [-0.39, 0.29) is 12.0 Å². The molecule has 1 amide bonds. The minimum Gasteiger partial charge on any atom is -0.494 e. The van der Waals surface area contributed by atoms with Gasteiger partial charge in [0.2, 0.25) is 5.84 Å². The minimum absolute atomic E-state index is 0.127. The predicted molar refractivity (Wildman–Crippen MR) is 122 cm³/mol. The highest BCUT2D eigenvalue weighted by Gasteiger charge is 2.30. The standard InChI is InChI=1S/C24H25N5O2/c1-3-31-19-10-9-16(2)20(15-19)18-11-12-26-21(14-18)29-22(27-24(28-29)23(25)30)13-17-7-5-4-6-8-17/h4-12,14-15,22H,3,13H2,1-2H3,(H2,25,30)(H,27,28). The summed E-state index contributed by atoms with van der Waals surface area (Å²) in [6.45, 7) is 4.63. The first-order valence-electron chi connectivity index (χ1n) is 10.2. The number of nitrogens with two attached hydrogens (primary N) is 1. The van der Waals surface area contributed by atoms with Crippen LogP contribution < -0.4 is 20.8 Å². The number of rotatable bonds is 7. The number of amides is 1. The van der Waals surface area contributed by atoms with Crippen molar-refractivity contribution in [2.75, 3.05) is 11.6 Å². The second-order valence-electron chi connectivity index (χ2n) is 7.32. The van der Waals surface area contributed by atoms with Crippen molar-refractivity contribution in [3.05, 3.63) is 78.0 Å². The number of hydrogen-bond donors (Lipinski definition) is 2. The number of anilines is 1. The Balaban J connectivity index is 1.69. The van der Waals surface area contributed by atoms with Crippen molar-refractivity contribution in [2.45, 2.75) is 26.4 Å². The number of aromatic nitrogens is 1. The number of nitrogens with zero attached hydrogens (tertiary/aromatic N) is 3. The fraction of sp³-hybridized carbons (Fsp3) is 0.208. The number of benzene rings is 2. The predicted octanol–water partition coefficient (Wildman–Crippen LogP) is 3.23. The maximum absolute atomic E-state index is 11.8. The Morgan fingerprint density at radius 3 is 2.71 bits per heavy atom. The van der Waals surface area contributed by atoms with Gasteiger partial charge in [-0.25, -0.2) is 9.99 Å². The highest BCUT2D eigenvalue weighted by atomic mass is 16.5. The fourth-order valence-corrected chi connectivity index (χ4v) is 3.61. The number of carbonyl (C=O) groups is 1. The van der Waals surface area contributed by atoms with E-state index in [0.717, 1.165) is 28.0 Å². The van der Waals surface area contributed by atoms with E-state index in [9.17, 15) is 4.79 Å². The van der Waals surface area contributed by atoms with Crippen LogP contribution in [0.5, 0.6) is 5.75 Å². The Kier molecular flexibility index (Phi) is 5.84. The molecule has 7 heteroatoms. The van der Waals surface area contributed by atoms with Crippen molar-refractivity contribution in [3.8, 4) is 16.9 Å². The average molecular weight is 415 g/mol. The number of aryl methyl sites for hydroxylation is 1. The molecule has 2 heterocycles. The number of amidine groups is 1. The van der Waals surface area contributed by atoms with Crippen LogP contribution in [0.25, 0.3) is 11.1 Å². The molecule has 0 radical (unpaired) electrons. The summed E-state index contributed by atoms with van der Waals surface area (Å²) in [4.78, 5) is 16.3. The summed E-state index contributed by atoms with van der Waals surface area (Å²) in [6, 6.07) is 20.0. The van der Waals surface area contributed by atoms with Gasteiger partial charge in [-0.3, -0.25) is 4.79 Å². The largest absolute Gasteiger partial charge is 0.494 e. The molecule has 1 unspecified atom stereocenters. The zero-order valence-corrected chi connectivity index (χ0v) is 17.6. The molecule has 158 valence electrons. The normalized spacial score (nSPS) is 15.4. The topological polar surface area (TPSA) is 92.8 Å². The fourth-order valence-electron chi connectivity index (χ4n) is 3.61. The molecular formula is C24H25N5O2. The van der Waals surface area contributed by atoms with E-state index in [1.165, 1.54) is 0 Å². The highest BCUT2D eigenvalue weighted by Crippen LogP contribution is 2.30. The molecule has 7 nitrogen and oxygen atoms in total. The first-order chi connectivity index (χ1) is 15.0. The van der Waals surface area contributed by atoms with Crippen molar-refractivity contribution in [1.82, 2.24) is 10.3 Å². The van der Waals surface area contributed by atoms with Gasteiger partial charge >= 0.3 is 0 Å². The van der Waals surface area contributed by atoms with Crippen molar-refractivity contribution < 1.29 is 9.53 Å². The summed E-state index contributed by atoms with van der Waals surface area (Å²) in [6.07, 6.45) is 2.10. The van der Waals surface area contributed by atoms with E-state index in [1.54, 1.807) is 11.2 Å². The summed E-state index contributed by atoms with van der Waals surface area (Å²) in [5.41, 5.74) is 9.77. The van der Waals surface area contributed by atoms with Gasteiger partial charge in [0.15, 0.2) is 5.82 Å². The van der Waals surface area contributed by atoms with Crippen molar-refractivity contribution in [2.24, 2.45) is 10.8 Å². The molecule has 0 spiro atoms. The SMILES string of the molecule is CCOc1ccc(C)c(-c2ccnc(N3N=C(C(N)=O)NC3Cc3ccccc3)c2)c1. The Morgan fingerprint density at radius 1 is 1.16 bits per heavy atom. The lowest BCUT2D eigenvalue weighted by Gasteiger charge is -2.23. The van der Waals surface area contributed by atoms with Gasteiger partial charge in [-0.15, -0.1) is 5.10 Å². The quantitative estimate of drug-likeness (QED) is 0.618. The summed E-state index contributed by atoms with van der Waals surface area (Å²) < 4.78 is 5.67. The number of hydrazone groups is 1. The Labute approximate surface area is 181 Å². The third kappa shape index (κ3) is 4.50. The van der Waals surface area contributed by atoms with Gasteiger partial charge in [-0.2, -0.15) is 0 Å². The third-order valence-corrected chi connectivity index (χ3v) is 5.12. The summed E-state index contributed by atoms with van der Waals surface area (Å²) in [7, 11) is 0. The molecule has 0 saturated carbocycles. The molecule has 0 fully saturated rings. The van der Waals surface area contributed by atoms with E-state index >= 15 is 0 Å². The van der Waals surface area contributed by atoms with E-state index < -0.39 is 5.91 Å². The van der Waals surface area contributed by atoms with Crippen LogP contribution >= 0.6 is 0 Å². The van der Waals surface area contributed by atoms with E-state index in [1.807, 2.05) is 67.6 Å². The zero-order chi connectivity index (χ0) is 21.8. The van der Waals surface area contributed by atoms with Crippen molar-refractivity contribution in [1.29, 1.82) is 0 Å². The Morgan fingerprint density at radius 2 is 1.97 bits per heavy atom. The lowest BCUT2D eigenvalue weighted by Crippen LogP contribution is -2.43. The number of hydrogen-bond acceptors (Lipinski definition) is 6. The molecule has 31 heavy (non-hydrogen) atoms. The Bertz CT molecular complexity index is 1110. The number of ether oxygens (including phenoxy) is 1. The Hall–Kier alpha value is -3.87. The average Bonchev–Trinajstić information content (AvgIpc) is 3.20. The summed E-state index contributed by atoms with van der Waals surface area (Å²) in [5, 5.41) is 9.26. The van der Waals surface area contributed by atoms with Gasteiger partial charge in [-0.1, -0.05) is 36.4 Å². The van der Waals surface area contributed by atoms with Gasteiger partial charge < -0.3 is 15.8 Å². The van der Waals surface area contributed by atoms with Gasteiger partial charge in [0.25, 0.3) is 5.91 Å². The lowest BCUT2D eigenvalue weighted by atomic mass is 10.0. The van der Waals surface area contributed by atoms with Crippen LogP contribution in [0.4, 0.5) is 5.82 Å². The molecule has 3 N–H and O–H groups in total. The molecule has 0 saturated heterocycles. The smallest absolute Gasteiger partial charge is 0.286 e. The summed E-state index contributed by atoms with van der Waals surface area (Å²) >= 11 is 0. The molecular weight excluding hydrogens is 390 g/mol. The minimum atomic E-state index is -0.600. The molecule has 1 aliphatic rings. The second kappa shape index (κ2) is 8.87. The third-order valence-electron chi connectivity index (χ3n) is 5.12. The molecule has 1 atom stereocenters. The molecule has 1 aliphatic heterocycles. The van der Waals surface area contributed by atoms with Crippen LogP contribution in [-0.2, 0) is 11.2 Å². The lowest BCUT2D eigenvalue weighted by molar-refractivity contribution is -0.112. The number of pyridine rings is 1. The van der Waals surface area contributed by atoms with Crippen LogP contribution in [0.3, 0.4) is 0 Å². The van der Waals surface area contributed by atoms with Crippen LogP contribution in [0.2, 0.25) is 0 Å². The first-order valence-corrected chi connectivity index (χ1v) is 10.2. The number of nitrogens with one attached hydrogen (secondary N) is 1. The molecule has 0 bridgehead atoms. The van der Waals surface area contributed by atoms with Crippen LogP contribution in [0.1, 0.15) is 18.1 Å². The molecule has 2 aromatic carbocycles. The molecule has 0 aliphatic carbocycles. The van der Waals surface area contributed by atoms with Gasteiger partial charge in [0.1, 0.15) is 11.9 Å². The van der Waals surface area contributed by atoms with Crippen LogP contribution in [0, 0.1) is 6.92 Å². The maximum atomic E-state index is 11.8. The number of carbonyl (C=O) groups excluding carboxylic acids is 1. The van der Waals surface area contributed by atoms with Gasteiger partial charge in [-0.05, 0) is 60.4 Å². The molecule has 1 aromatic heterocycles. The monoisotopic (exact) mass is 415 g/mol. The maximum Gasteiger partial charge on any atom is 0.286 e. The van der Waals surface area contributed by atoms with E-state index in [0.29, 0.717) is 18.8 Å². The molecule has 4 rings (SSSR count). The zero-order valence-electron chi connectivity index (χ0n) is 17.6. The summed E-state index contributed by atoms with van der Waals surface area (Å²) in [5.74, 6) is 0.975. The highest BCUT2D eigenvalue weighted by molar-refractivity contribution is 6.38. The van der Waals surface area contributed by atoms with E-state index in [4.69, 9.17) is 10.5 Å². The van der Waals surface area contributed by atoms with Gasteiger partial charge in [0.05, 0.1) is 6.61 Å². The van der Waals surface area contributed by atoms with Crippen molar-refractivity contribution >= 4 is 17.6 Å².